The van der Waals surface area contributed by atoms with Gasteiger partial charge in [-0.1, -0.05) is 6.07 Å². The first-order chi connectivity index (χ1) is 9.26. The van der Waals surface area contributed by atoms with Crippen molar-refractivity contribution in [2.24, 2.45) is 0 Å². The number of rotatable bonds is 2. The molecule has 1 aliphatic heterocycles. The lowest BCUT2D eigenvalue weighted by atomic mass is 9.93. The van der Waals surface area contributed by atoms with Gasteiger partial charge in [0.25, 0.3) is 0 Å². The summed E-state index contributed by atoms with van der Waals surface area (Å²) in [6, 6.07) is 4.93. The number of carbonyl (C=O) groups excluding carboxylic acids is 1. The quantitative estimate of drug-likeness (QED) is 0.779. The van der Waals surface area contributed by atoms with Crippen LogP contribution in [0, 0.1) is 5.82 Å². The highest BCUT2D eigenvalue weighted by Crippen LogP contribution is 2.29. The zero-order valence-electron chi connectivity index (χ0n) is 12.6. The van der Waals surface area contributed by atoms with E-state index < -0.39 is 5.60 Å². The van der Waals surface area contributed by atoms with Gasteiger partial charge in [0.05, 0.1) is 6.54 Å². The maximum Gasteiger partial charge on any atom is 0.320 e. The molecule has 0 fully saturated rings. The molecule has 0 amide bonds. The summed E-state index contributed by atoms with van der Waals surface area (Å²) in [4.78, 5) is 14.0. The van der Waals surface area contributed by atoms with E-state index in [0.29, 0.717) is 0 Å². The Kier molecular flexibility index (Phi) is 4.14. The Morgan fingerprint density at radius 3 is 2.80 bits per heavy atom. The van der Waals surface area contributed by atoms with Gasteiger partial charge in [-0.3, -0.25) is 9.69 Å². The van der Waals surface area contributed by atoms with Crippen LogP contribution in [0.4, 0.5) is 4.39 Å². The SMILES string of the molecule is CC1c2cc(F)ccc2CCN1CC(=O)OC(C)(C)C. The Morgan fingerprint density at radius 1 is 1.45 bits per heavy atom. The number of nitrogens with zero attached hydrogens (tertiary/aromatic N) is 1. The Bertz CT molecular complexity index is 508. The molecule has 2 rings (SSSR count). The molecule has 1 heterocycles. The molecule has 0 spiro atoms. The number of carbonyl (C=O) groups is 1. The van der Waals surface area contributed by atoms with E-state index in [2.05, 4.69) is 0 Å². The van der Waals surface area contributed by atoms with Gasteiger partial charge in [0.15, 0.2) is 0 Å². The van der Waals surface area contributed by atoms with E-state index in [4.69, 9.17) is 4.74 Å². The molecule has 0 saturated heterocycles. The normalized spacial score (nSPS) is 19.6. The van der Waals surface area contributed by atoms with Crippen molar-refractivity contribution in [3.05, 3.63) is 35.1 Å². The topological polar surface area (TPSA) is 29.5 Å². The fourth-order valence-electron chi connectivity index (χ4n) is 2.59. The molecule has 0 radical (unpaired) electrons. The lowest BCUT2D eigenvalue weighted by molar-refractivity contribution is -0.156. The second-order valence-electron chi connectivity index (χ2n) is 6.33. The number of hydrogen-bond donors (Lipinski definition) is 0. The molecule has 0 aromatic heterocycles. The zero-order chi connectivity index (χ0) is 14.9. The van der Waals surface area contributed by atoms with E-state index in [0.717, 1.165) is 18.5 Å². The molecule has 20 heavy (non-hydrogen) atoms. The molecule has 1 unspecified atom stereocenters. The van der Waals surface area contributed by atoms with Crippen LogP contribution in [0.5, 0.6) is 0 Å². The molecule has 3 nitrogen and oxygen atoms in total. The van der Waals surface area contributed by atoms with Gasteiger partial charge in [0, 0.05) is 12.6 Å². The Hall–Kier alpha value is -1.42. The summed E-state index contributed by atoms with van der Waals surface area (Å²) in [7, 11) is 0. The molecule has 1 aromatic carbocycles. The minimum Gasteiger partial charge on any atom is -0.459 e. The zero-order valence-corrected chi connectivity index (χ0v) is 12.6. The number of halogens is 1. The first-order valence-electron chi connectivity index (χ1n) is 7.00. The summed E-state index contributed by atoms with van der Waals surface area (Å²) >= 11 is 0. The number of hydrogen-bond acceptors (Lipinski definition) is 3. The maximum absolute atomic E-state index is 13.4. The maximum atomic E-state index is 13.4. The van der Waals surface area contributed by atoms with E-state index in [9.17, 15) is 9.18 Å². The van der Waals surface area contributed by atoms with Gasteiger partial charge < -0.3 is 4.74 Å². The van der Waals surface area contributed by atoms with Crippen molar-refractivity contribution in [3.8, 4) is 0 Å². The molecule has 0 N–H and O–H groups in total. The van der Waals surface area contributed by atoms with Crippen LogP contribution in [0.25, 0.3) is 0 Å². The number of benzene rings is 1. The van der Waals surface area contributed by atoms with Crippen LogP contribution in [-0.4, -0.2) is 29.6 Å². The van der Waals surface area contributed by atoms with Crippen LogP contribution in [0.15, 0.2) is 18.2 Å². The van der Waals surface area contributed by atoms with Gasteiger partial charge in [-0.05, 0) is 57.4 Å². The fraction of sp³-hybridized carbons (Fsp3) is 0.562. The molecule has 0 bridgehead atoms. The number of ether oxygens (including phenoxy) is 1. The molecule has 0 saturated carbocycles. The molecular formula is C16H22FNO2. The summed E-state index contributed by atoms with van der Waals surface area (Å²) < 4.78 is 18.7. The lowest BCUT2D eigenvalue weighted by Crippen LogP contribution is -2.40. The Labute approximate surface area is 119 Å². The minimum atomic E-state index is -0.472. The van der Waals surface area contributed by atoms with Crippen molar-refractivity contribution in [1.29, 1.82) is 0 Å². The van der Waals surface area contributed by atoms with Crippen molar-refractivity contribution in [3.63, 3.8) is 0 Å². The largest absolute Gasteiger partial charge is 0.459 e. The van der Waals surface area contributed by atoms with E-state index in [1.807, 2.05) is 38.7 Å². The Morgan fingerprint density at radius 2 is 2.15 bits per heavy atom. The van der Waals surface area contributed by atoms with Crippen LogP contribution >= 0.6 is 0 Å². The van der Waals surface area contributed by atoms with Crippen molar-refractivity contribution in [1.82, 2.24) is 4.90 Å². The first-order valence-corrected chi connectivity index (χ1v) is 7.00. The fourth-order valence-corrected chi connectivity index (χ4v) is 2.59. The summed E-state index contributed by atoms with van der Waals surface area (Å²) in [5.74, 6) is -0.459. The monoisotopic (exact) mass is 279 g/mol. The van der Waals surface area contributed by atoms with E-state index in [1.54, 1.807) is 6.07 Å². The predicted octanol–water partition coefficient (Wildman–Crippen LogP) is 3.09. The average molecular weight is 279 g/mol. The Balaban J connectivity index is 2.07. The highest BCUT2D eigenvalue weighted by molar-refractivity contribution is 5.72. The molecule has 0 aliphatic carbocycles. The molecule has 4 heteroatoms. The number of fused-ring (bicyclic) bond motifs is 1. The van der Waals surface area contributed by atoms with Crippen molar-refractivity contribution < 1.29 is 13.9 Å². The minimum absolute atomic E-state index is 0.0296. The van der Waals surface area contributed by atoms with Gasteiger partial charge in [-0.15, -0.1) is 0 Å². The van der Waals surface area contributed by atoms with Gasteiger partial charge in [-0.2, -0.15) is 0 Å². The van der Waals surface area contributed by atoms with Crippen LogP contribution in [0.3, 0.4) is 0 Å². The highest BCUT2D eigenvalue weighted by atomic mass is 19.1. The van der Waals surface area contributed by atoms with Crippen LogP contribution in [-0.2, 0) is 16.0 Å². The number of esters is 1. The summed E-state index contributed by atoms with van der Waals surface area (Å²) in [5, 5.41) is 0. The molecular weight excluding hydrogens is 257 g/mol. The standard InChI is InChI=1S/C16H22FNO2/c1-11-14-9-13(17)6-5-12(14)7-8-18(11)10-15(19)20-16(2,3)4/h5-6,9,11H,7-8,10H2,1-4H3. The smallest absolute Gasteiger partial charge is 0.320 e. The predicted molar refractivity (Wildman–Crippen MR) is 75.9 cm³/mol. The van der Waals surface area contributed by atoms with Crippen LogP contribution in [0.2, 0.25) is 0 Å². The molecule has 1 aliphatic rings. The third-order valence-electron chi connectivity index (χ3n) is 3.53. The van der Waals surface area contributed by atoms with Gasteiger partial charge in [-0.25, -0.2) is 4.39 Å². The second-order valence-corrected chi connectivity index (χ2v) is 6.33. The lowest BCUT2D eigenvalue weighted by Gasteiger charge is -2.35. The first kappa shape index (κ1) is 15.0. The van der Waals surface area contributed by atoms with Crippen molar-refractivity contribution >= 4 is 5.97 Å². The second kappa shape index (κ2) is 5.52. The third kappa shape index (κ3) is 3.57. The van der Waals surface area contributed by atoms with Gasteiger partial charge >= 0.3 is 5.97 Å². The third-order valence-corrected chi connectivity index (χ3v) is 3.53. The highest BCUT2D eigenvalue weighted by Gasteiger charge is 2.27. The van der Waals surface area contributed by atoms with Gasteiger partial charge in [0.1, 0.15) is 11.4 Å². The van der Waals surface area contributed by atoms with E-state index in [1.165, 1.54) is 11.6 Å². The van der Waals surface area contributed by atoms with Crippen LogP contribution in [0.1, 0.15) is 44.9 Å². The van der Waals surface area contributed by atoms with Crippen molar-refractivity contribution in [2.45, 2.75) is 45.8 Å². The van der Waals surface area contributed by atoms with E-state index >= 15 is 0 Å². The average Bonchev–Trinajstić information content (AvgIpc) is 2.31. The van der Waals surface area contributed by atoms with E-state index in [-0.39, 0.29) is 24.4 Å². The summed E-state index contributed by atoms with van der Waals surface area (Å²) in [6.45, 7) is 8.61. The molecule has 110 valence electrons. The molecule has 1 atom stereocenters. The van der Waals surface area contributed by atoms with Crippen LogP contribution < -0.4 is 0 Å². The summed E-state index contributed by atoms with van der Waals surface area (Å²) in [6.07, 6.45) is 0.836. The van der Waals surface area contributed by atoms with Crippen molar-refractivity contribution in [2.75, 3.05) is 13.1 Å². The van der Waals surface area contributed by atoms with Gasteiger partial charge in [0.2, 0.25) is 0 Å². The molecule has 1 aromatic rings. The summed E-state index contributed by atoms with van der Waals surface area (Å²) in [5.41, 5.74) is 1.67.